The summed E-state index contributed by atoms with van der Waals surface area (Å²) in [5, 5.41) is 13.6. The van der Waals surface area contributed by atoms with Crippen molar-refractivity contribution in [1.82, 2.24) is 4.57 Å². The largest absolute Gasteiger partial charge is 0.343 e. The van der Waals surface area contributed by atoms with Crippen molar-refractivity contribution in [2.75, 3.05) is 5.32 Å². The molecule has 0 aliphatic heterocycles. The normalized spacial score (nSPS) is 11.1. The van der Waals surface area contributed by atoms with Gasteiger partial charge < -0.3 is 9.88 Å². The molecule has 4 nitrogen and oxygen atoms in total. The lowest BCUT2D eigenvalue weighted by atomic mass is 10.2. The number of amides is 1. The van der Waals surface area contributed by atoms with Gasteiger partial charge in [-0.2, -0.15) is 5.26 Å². The molecule has 0 saturated carbocycles. The van der Waals surface area contributed by atoms with E-state index in [1.54, 1.807) is 36.4 Å². The second kappa shape index (κ2) is 8.99. The van der Waals surface area contributed by atoms with Gasteiger partial charge in [0.2, 0.25) is 0 Å². The molecule has 1 N–H and O–H groups in total. The topological polar surface area (TPSA) is 57.8 Å². The Hall–Kier alpha value is -2.71. The molecule has 1 aromatic heterocycles. The summed E-state index contributed by atoms with van der Waals surface area (Å²) in [6.45, 7) is 0.472. The summed E-state index contributed by atoms with van der Waals surface area (Å²) in [6, 6.07) is 17.7. The van der Waals surface area contributed by atoms with Crippen LogP contribution in [0.15, 0.2) is 66.4 Å². The lowest BCUT2D eigenvalue weighted by molar-refractivity contribution is -0.112. The first kappa shape index (κ1) is 20.0. The van der Waals surface area contributed by atoms with Crippen molar-refractivity contribution in [3.05, 3.63) is 92.7 Å². The SMILES string of the molecule is N#C/C(=C\c1cccn1Cc1ccc(Cl)cc1Cl)C(=O)Nc1ccccc1Cl. The van der Waals surface area contributed by atoms with Gasteiger partial charge in [0.25, 0.3) is 5.91 Å². The Morgan fingerprint density at radius 3 is 2.57 bits per heavy atom. The molecule has 3 rings (SSSR count). The van der Waals surface area contributed by atoms with E-state index in [-0.39, 0.29) is 5.57 Å². The van der Waals surface area contributed by atoms with Gasteiger partial charge in [-0.25, -0.2) is 0 Å². The molecule has 0 fully saturated rings. The van der Waals surface area contributed by atoms with Gasteiger partial charge in [0.1, 0.15) is 11.6 Å². The minimum atomic E-state index is -0.534. The van der Waals surface area contributed by atoms with Crippen molar-refractivity contribution < 1.29 is 4.79 Å². The van der Waals surface area contributed by atoms with Gasteiger partial charge in [-0.3, -0.25) is 4.79 Å². The summed E-state index contributed by atoms with van der Waals surface area (Å²) in [5.41, 5.74) is 1.97. The summed E-state index contributed by atoms with van der Waals surface area (Å²) in [5.74, 6) is -0.534. The fourth-order valence-corrected chi connectivity index (χ4v) is 3.24. The van der Waals surface area contributed by atoms with Crippen molar-refractivity contribution in [3.63, 3.8) is 0 Å². The zero-order valence-electron chi connectivity index (χ0n) is 14.5. The number of nitrogens with zero attached hydrogens (tertiary/aromatic N) is 2. The number of hydrogen-bond acceptors (Lipinski definition) is 2. The zero-order valence-corrected chi connectivity index (χ0v) is 16.8. The Bertz CT molecular complexity index is 1100. The molecule has 0 unspecified atom stereocenters. The third-order valence-electron chi connectivity index (χ3n) is 4.00. The van der Waals surface area contributed by atoms with E-state index in [1.165, 1.54) is 6.08 Å². The van der Waals surface area contributed by atoms with Crippen LogP contribution in [0.4, 0.5) is 5.69 Å². The van der Waals surface area contributed by atoms with Gasteiger partial charge in [0.15, 0.2) is 0 Å². The number of halogens is 3. The van der Waals surface area contributed by atoms with E-state index < -0.39 is 5.91 Å². The number of carbonyl (C=O) groups is 1. The summed E-state index contributed by atoms with van der Waals surface area (Å²) in [6.07, 6.45) is 3.37. The molecule has 3 aromatic rings. The third kappa shape index (κ3) is 4.76. The smallest absolute Gasteiger partial charge is 0.266 e. The number of hydrogen-bond donors (Lipinski definition) is 1. The minimum Gasteiger partial charge on any atom is -0.343 e. The summed E-state index contributed by atoms with van der Waals surface area (Å²) < 4.78 is 1.88. The predicted octanol–water partition coefficient (Wildman–Crippen LogP) is 6.04. The molecule has 1 heterocycles. The van der Waals surface area contributed by atoms with Gasteiger partial charge in [0, 0.05) is 28.5 Å². The first-order chi connectivity index (χ1) is 13.5. The minimum absolute atomic E-state index is 0.0397. The number of carbonyl (C=O) groups excluding carboxylic acids is 1. The maximum atomic E-state index is 12.5. The van der Waals surface area contributed by atoms with Crippen molar-refractivity contribution in [1.29, 1.82) is 5.26 Å². The molecule has 0 atom stereocenters. The van der Waals surface area contributed by atoms with Crippen molar-refractivity contribution in [2.45, 2.75) is 6.54 Å². The summed E-state index contributed by atoms with van der Waals surface area (Å²) in [7, 11) is 0. The van der Waals surface area contributed by atoms with Crippen molar-refractivity contribution >= 4 is 52.5 Å². The van der Waals surface area contributed by atoms with Crippen LogP contribution in [-0.2, 0) is 11.3 Å². The average molecular weight is 431 g/mol. The number of aromatic nitrogens is 1. The van der Waals surface area contributed by atoms with Crippen LogP contribution in [0.25, 0.3) is 6.08 Å². The van der Waals surface area contributed by atoms with E-state index in [1.807, 2.05) is 35.0 Å². The van der Waals surface area contributed by atoms with Crippen molar-refractivity contribution in [3.8, 4) is 6.07 Å². The molecule has 7 heteroatoms. The van der Waals surface area contributed by atoms with E-state index >= 15 is 0 Å². The second-order valence-electron chi connectivity index (χ2n) is 5.90. The molecule has 0 saturated heterocycles. The number of rotatable bonds is 5. The Morgan fingerprint density at radius 2 is 1.86 bits per heavy atom. The van der Waals surface area contributed by atoms with E-state index in [9.17, 15) is 10.1 Å². The molecular formula is C21H14Cl3N3O. The molecule has 2 aromatic carbocycles. The zero-order chi connectivity index (χ0) is 20.1. The Balaban J connectivity index is 1.84. The second-order valence-corrected chi connectivity index (χ2v) is 7.15. The molecule has 0 aliphatic carbocycles. The quantitative estimate of drug-likeness (QED) is 0.396. The van der Waals surface area contributed by atoms with Gasteiger partial charge in [-0.1, -0.05) is 53.0 Å². The highest BCUT2D eigenvalue weighted by atomic mass is 35.5. The maximum absolute atomic E-state index is 12.5. The predicted molar refractivity (Wildman–Crippen MR) is 114 cm³/mol. The number of anilines is 1. The molecule has 0 radical (unpaired) electrons. The monoisotopic (exact) mass is 429 g/mol. The van der Waals surface area contributed by atoms with E-state index in [4.69, 9.17) is 34.8 Å². The van der Waals surface area contributed by atoms with Crippen LogP contribution in [0.2, 0.25) is 15.1 Å². The van der Waals surface area contributed by atoms with Crippen LogP contribution in [0.3, 0.4) is 0 Å². The van der Waals surface area contributed by atoms with Crippen LogP contribution in [0.5, 0.6) is 0 Å². The fraction of sp³-hybridized carbons (Fsp3) is 0.0476. The van der Waals surface area contributed by atoms with Crippen LogP contribution >= 0.6 is 34.8 Å². The highest BCUT2D eigenvalue weighted by Gasteiger charge is 2.13. The van der Waals surface area contributed by atoms with Gasteiger partial charge >= 0.3 is 0 Å². The first-order valence-corrected chi connectivity index (χ1v) is 9.38. The van der Waals surface area contributed by atoms with Gasteiger partial charge in [-0.15, -0.1) is 0 Å². The van der Waals surface area contributed by atoms with Crippen LogP contribution in [0.1, 0.15) is 11.3 Å². The highest BCUT2D eigenvalue weighted by molar-refractivity contribution is 6.35. The van der Waals surface area contributed by atoms with Gasteiger partial charge in [-0.05, 0) is 48.0 Å². The number of nitrogens with one attached hydrogen (secondary N) is 1. The lowest BCUT2D eigenvalue weighted by Crippen LogP contribution is -2.14. The first-order valence-electron chi connectivity index (χ1n) is 8.24. The molecular weight excluding hydrogens is 417 g/mol. The third-order valence-corrected chi connectivity index (χ3v) is 4.92. The maximum Gasteiger partial charge on any atom is 0.266 e. The standard InChI is InChI=1S/C21H14Cl3N3O/c22-16-8-7-14(19(24)11-16)13-27-9-3-4-17(27)10-15(12-25)21(28)26-20-6-2-1-5-18(20)23/h1-11H,13H2,(H,26,28)/b15-10+. The Kier molecular flexibility index (Phi) is 6.43. The van der Waals surface area contributed by atoms with Gasteiger partial charge in [0.05, 0.1) is 10.7 Å². The van der Waals surface area contributed by atoms with E-state index in [0.717, 1.165) is 5.56 Å². The van der Waals surface area contributed by atoms with Crippen molar-refractivity contribution in [2.24, 2.45) is 0 Å². The van der Waals surface area contributed by atoms with E-state index in [2.05, 4.69) is 5.32 Å². The molecule has 1 amide bonds. The van der Waals surface area contributed by atoms with Crippen LogP contribution < -0.4 is 5.32 Å². The molecule has 0 aliphatic rings. The number of benzene rings is 2. The fourth-order valence-electron chi connectivity index (χ4n) is 2.58. The van der Waals surface area contributed by atoms with E-state index in [0.29, 0.717) is 33.0 Å². The highest BCUT2D eigenvalue weighted by Crippen LogP contribution is 2.24. The summed E-state index contributed by atoms with van der Waals surface area (Å²) >= 11 is 18.2. The van der Waals surface area contributed by atoms with Crippen LogP contribution in [-0.4, -0.2) is 10.5 Å². The number of para-hydroxylation sites is 1. The average Bonchev–Trinajstić information content (AvgIpc) is 3.10. The molecule has 28 heavy (non-hydrogen) atoms. The summed E-state index contributed by atoms with van der Waals surface area (Å²) in [4.78, 5) is 12.5. The molecule has 0 spiro atoms. The molecule has 0 bridgehead atoms. The Morgan fingerprint density at radius 1 is 1.07 bits per heavy atom. The lowest BCUT2D eigenvalue weighted by Gasteiger charge is -2.10. The van der Waals surface area contributed by atoms with Crippen LogP contribution in [0, 0.1) is 11.3 Å². The number of nitriles is 1. The molecule has 140 valence electrons. The Labute approximate surface area is 177 Å².